The Morgan fingerprint density at radius 2 is 2.00 bits per heavy atom. The van der Waals surface area contributed by atoms with Crippen molar-refractivity contribution in [1.82, 2.24) is 0 Å². The van der Waals surface area contributed by atoms with E-state index in [2.05, 4.69) is 20.8 Å². The molecule has 0 N–H and O–H groups in total. The Hall–Kier alpha value is -0.0400. The predicted octanol–water partition coefficient (Wildman–Crippen LogP) is 2.60. The van der Waals surface area contributed by atoms with Gasteiger partial charge in [0.2, 0.25) is 0 Å². The Labute approximate surface area is 63.8 Å². The molecule has 0 bridgehead atoms. The van der Waals surface area contributed by atoms with Crippen LogP contribution >= 0.6 is 0 Å². The SMILES string of the molecule is CC(C)OCCC1(C)CC1. The van der Waals surface area contributed by atoms with Gasteiger partial charge in [0.15, 0.2) is 0 Å². The summed E-state index contributed by atoms with van der Waals surface area (Å²) >= 11 is 0. The smallest absolute Gasteiger partial charge is 0.0518 e. The van der Waals surface area contributed by atoms with Gasteiger partial charge in [0.05, 0.1) is 6.10 Å². The van der Waals surface area contributed by atoms with Crippen LogP contribution in [0.5, 0.6) is 0 Å². The van der Waals surface area contributed by atoms with Crippen LogP contribution in [0, 0.1) is 5.41 Å². The molecule has 1 nitrogen and oxygen atoms in total. The first-order chi connectivity index (χ1) is 4.62. The molecule has 0 aromatic rings. The third-order valence-electron chi connectivity index (χ3n) is 2.26. The fourth-order valence-corrected chi connectivity index (χ4v) is 1.00. The van der Waals surface area contributed by atoms with Crippen LogP contribution in [-0.2, 0) is 4.74 Å². The molecule has 0 aromatic heterocycles. The van der Waals surface area contributed by atoms with E-state index in [4.69, 9.17) is 4.74 Å². The van der Waals surface area contributed by atoms with Crippen LogP contribution in [0.3, 0.4) is 0 Å². The number of rotatable bonds is 4. The zero-order chi connectivity index (χ0) is 7.61. The molecule has 0 heterocycles. The summed E-state index contributed by atoms with van der Waals surface area (Å²) in [5, 5.41) is 0. The maximum Gasteiger partial charge on any atom is 0.0518 e. The molecule has 1 aliphatic rings. The van der Waals surface area contributed by atoms with Gasteiger partial charge in [-0.2, -0.15) is 0 Å². The molecule has 0 spiro atoms. The largest absolute Gasteiger partial charge is 0.379 e. The first-order valence-corrected chi connectivity index (χ1v) is 4.24. The molecule has 1 heteroatoms. The maximum absolute atomic E-state index is 5.46. The van der Waals surface area contributed by atoms with Crippen LogP contribution in [0.4, 0.5) is 0 Å². The Bertz CT molecular complexity index is 103. The van der Waals surface area contributed by atoms with Gasteiger partial charge in [-0.05, 0) is 38.5 Å². The van der Waals surface area contributed by atoms with Gasteiger partial charge in [0.1, 0.15) is 0 Å². The third kappa shape index (κ3) is 2.70. The number of hydrogen-bond acceptors (Lipinski definition) is 1. The first-order valence-electron chi connectivity index (χ1n) is 4.24. The van der Waals surface area contributed by atoms with Crippen LogP contribution in [-0.4, -0.2) is 12.7 Å². The van der Waals surface area contributed by atoms with Crippen molar-refractivity contribution >= 4 is 0 Å². The second-order valence-corrected chi connectivity index (χ2v) is 3.98. The average molecular weight is 142 g/mol. The lowest BCUT2D eigenvalue weighted by atomic mass is 10.1. The van der Waals surface area contributed by atoms with Crippen LogP contribution in [0.25, 0.3) is 0 Å². The van der Waals surface area contributed by atoms with Gasteiger partial charge < -0.3 is 4.74 Å². The number of ether oxygens (including phenoxy) is 1. The second-order valence-electron chi connectivity index (χ2n) is 3.98. The molecule has 0 radical (unpaired) electrons. The molecule has 60 valence electrons. The molecule has 0 aromatic carbocycles. The van der Waals surface area contributed by atoms with Gasteiger partial charge in [-0.15, -0.1) is 0 Å². The highest BCUT2D eigenvalue weighted by molar-refractivity contribution is 4.87. The molecular weight excluding hydrogens is 124 g/mol. The minimum atomic E-state index is 0.405. The van der Waals surface area contributed by atoms with Crippen molar-refractivity contribution < 1.29 is 4.74 Å². The van der Waals surface area contributed by atoms with Crippen molar-refractivity contribution in [3.05, 3.63) is 0 Å². The Morgan fingerprint density at radius 1 is 1.40 bits per heavy atom. The van der Waals surface area contributed by atoms with E-state index in [0.29, 0.717) is 11.5 Å². The van der Waals surface area contributed by atoms with E-state index in [1.807, 2.05) is 0 Å². The summed E-state index contributed by atoms with van der Waals surface area (Å²) in [5.74, 6) is 0. The highest BCUT2D eigenvalue weighted by atomic mass is 16.5. The molecule has 0 atom stereocenters. The molecule has 0 aliphatic heterocycles. The van der Waals surface area contributed by atoms with Gasteiger partial charge >= 0.3 is 0 Å². The quantitative estimate of drug-likeness (QED) is 0.586. The van der Waals surface area contributed by atoms with Crippen LogP contribution in [0.2, 0.25) is 0 Å². The van der Waals surface area contributed by atoms with Crippen molar-refractivity contribution in [1.29, 1.82) is 0 Å². The molecular formula is C9H18O. The lowest BCUT2D eigenvalue weighted by Crippen LogP contribution is -2.07. The van der Waals surface area contributed by atoms with Crippen LogP contribution in [0.15, 0.2) is 0 Å². The Kier molecular flexibility index (Phi) is 2.35. The molecule has 0 amide bonds. The lowest BCUT2D eigenvalue weighted by Gasteiger charge is -2.10. The summed E-state index contributed by atoms with van der Waals surface area (Å²) in [6.07, 6.45) is 4.48. The van der Waals surface area contributed by atoms with E-state index in [-0.39, 0.29) is 0 Å². The summed E-state index contributed by atoms with van der Waals surface area (Å²) in [6.45, 7) is 7.48. The number of hydrogen-bond donors (Lipinski definition) is 0. The third-order valence-corrected chi connectivity index (χ3v) is 2.26. The van der Waals surface area contributed by atoms with E-state index in [1.54, 1.807) is 0 Å². The van der Waals surface area contributed by atoms with Crippen molar-refractivity contribution in [2.75, 3.05) is 6.61 Å². The molecule has 0 saturated heterocycles. The first kappa shape index (κ1) is 8.06. The zero-order valence-corrected chi connectivity index (χ0v) is 7.31. The second kappa shape index (κ2) is 2.91. The topological polar surface area (TPSA) is 9.23 Å². The molecule has 1 aliphatic carbocycles. The van der Waals surface area contributed by atoms with Crippen LogP contribution < -0.4 is 0 Å². The summed E-state index contributed by atoms with van der Waals surface area (Å²) in [6, 6.07) is 0. The minimum Gasteiger partial charge on any atom is -0.379 e. The summed E-state index contributed by atoms with van der Waals surface area (Å²) < 4.78 is 5.46. The fraction of sp³-hybridized carbons (Fsp3) is 1.00. The Morgan fingerprint density at radius 3 is 2.40 bits per heavy atom. The Balaban J connectivity index is 1.95. The van der Waals surface area contributed by atoms with Crippen molar-refractivity contribution in [2.45, 2.75) is 46.1 Å². The molecule has 10 heavy (non-hydrogen) atoms. The zero-order valence-electron chi connectivity index (χ0n) is 7.31. The monoisotopic (exact) mass is 142 g/mol. The van der Waals surface area contributed by atoms with E-state index in [0.717, 1.165) is 6.61 Å². The van der Waals surface area contributed by atoms with Crippen molar-refractivity contribution in [3.63, 3.8) is 0 Å². The van der Waals surface area contributed by atoms with Crippen molar-refractivity contribution in [2.24, 2.45) is 5.41 Å². The molecule has 1 saturated carbocycles. The minimum absolute atomic E-state index is 0.405. The van der Waals surface area contributed by atoms with E-state index >= 15 is 0 Å². The summed E-state index contributed by atoms with van der Waals surface area (Å²) in [7, 11) is 0. The lowest BCUT2D eigenvalue weighted by molar-refractivity contribution is 0.0676. The molecule has 0 unspecified atom stereocenters. The van der Waals surface area contributed by atoms with Crippen molar-refractivity contribution in [3.8, 4) is 0 Å². The molecule has 1 fully saturated rings. The van der Waals surface area contributed by atoms with Crippen LogP contribution in [0.1, 0.15) is 40.0 Å². The fourth-order valence-electron chi connectivity index (χ4n) is 1.00. The van der Waals surface area contributed by atoms with Gasteiger partial charge in [-0.3, -0.25) is 0 Å². The van der Waals surface area contributed by atoms with E-state index in [9.17, 15) is 0 Å². The summed E-state index contributed by atoms with van der Waals surface area (Å²) in [5.41, 5.74) is 0.662. The summed E-state index contributed by atoms with van der Waals surface area (Å²) in [4.78, 5) is 0. The predicted molar refractivity (Wildman–Crippen MR) is 43.0 cm³/mol. The standard InChI is InChI=1S/C9H18O/c1-8(2)10-7-6-9(3)4-5-9/h8H,4-7H2,1-3H3. The van der Waals surface area contributed by atoms with Gasteiger partial charge in [-0.1, -0.05) is 6.92 Å². The average Bonchev–Trinajstić information content (AvgIpc) is 2.47. The molecule has 1 rings (SSSR count). The normalized spacial score (nSPS) is 21.6. The van der Waals surface area contributed by atoms with E-state index < -0.39 is 0 Å². The maximum atomic E-state index is 5.46. The van der Waals surface area contributed by atoms with Gasteiger partial charge in [0.25, 0.3) is 0 Å². The van der Waals surface area contributed by atoms with Gasteiger partial charge in [-0.25, -0.2) is 0 Å². The highest BCUT2D eigenvalue weighted by Gasteiger charge is 2.36. The highest BCUT2D eigenvalue weighted by Crippen LogP contribution is 2.47. The van der Waals surface area contributed by atoms with Gasteiger partial charge in [0, 0.05) is 6.61 Å². The van der Waals surface area contributed by atoms with E-state index in [1.165, 1.54) is 19.3 Å².